The Morgan fingerprint density at radius 1 is 0.310 bits per heavy atom. The largest absolute Gasteiger partial charge is 0.310 e. The minimum absolute atomic E-state index is 0.0364. The Morgan fingerprint density at radius 2 is 0.690 bits per heavy atom. The van der Waals surface area contributed by atoms with Crippen LogP contribution in [0.5, 0.6) is 0 Å². The second-order valence-electron chi connectivity index (χ2n) is 29.3. The molecule has 84 heavy (non-hydrogen) atoms. The molecule has 2 nitrogen and oxygen atoms in total. The van der Waals surface area contributed by atoms with E-state index in [1.54, 1.807) is 0 Å². The molecular weight excluding hydrogens is 1010 g/mol. The molecule has 4 heterocycles. The third-order valence-electron chi connectivity index (χ3n) is 19.6. The van der Waals surface area contributed by atoms with Gasteiger partial charge in [0, 0.05) is 44.0 Å². The molecule has 0 bridgehead atoms. The van der Waals surface area contributed by atoms with Crippen LogP contribution in [0.2, 0.25) is 0 Å². The van der Waals surface area contributed by atoms with Gasteiger partial charge in [-0.2, -0.15) is 0 Å². The van der Waals surface area contributed by atoms with Crippen molar-refractivity contribution < 1.29 is 0 Å². The fourth-order valence-corrected chi connectivity index (χ4v) is 14.9. The van der Waals surface area contributed by atoms with Crippen molar-refractivity contribution in [3.05, 3.63) is 202 Å². The summed E-state index contributed by atoms with van der Waals surface area (Å²) >= 11 is 0. The standard InChI is InChI=1S/C80H86B2N2/c1-45(2)54-34-59(47(5)6)75(60(35-54)48(7)8)81-67-43-74-68(44-73(67)84-72-32-30-57(79(13,14)15)40-64(72)65-38-56(39-69(81)77(65)84)52-27-23-20-24-28-52)82(76-61(49(9)10)36-55(46(3)4)37-62(76)50(11)12)70-42-58(80(16,17)18)41-66-63-33-53(51-25-21-19-22-26-51)29-31-71(63)83(74)78(66)70/h19-50H,1-18H3. The minimum Gasteiger partial charge on any atom is -0.310 e. The first kappa shape index (κ1) is 55.9. The lowest BCUT2D eigenvalue weighted by Crippen LogP contribution is -2.62. The first-order valence-electron chi connectivity index (χ1n) is 31.8. The fraction of sp³-hybridized carbons (Fsp3) is 0.325. The molecular formula is C80H86B2N2. The Kier molecular flexibility index (Phi) is 13.4. The second kappa shape index (κ2) is 20.2. The summed E-state index contributed by atoms with van der Waals surface area (Å²) < 4.78 is 5.47. The van der Waals surface area contributed by atoms with E-state index in [0.29, 0.717) is 35.5 Å². The van der Waals surface area contributed by atoms with E-state index in [9.17, 15) is 0 Å². The lowest BCUT2D eigenvalue weighted by Gasteiger charge is -2.37. The molecule has 2 aliphatic rings. The molecule has 13 rings (SSSR count). The summed E-state index contributed by atoms with van der Waals surface area (Å²) in [6.45, 7) is 43.2. The molecule has 11 aromatic rings. The normalized spacial score (nSPS) is 13.5. The third-order valence-corrected chi connectivity index (χ3v) is 19.6. The zero-order chi connectivity index (χ0) is 59.3. The van der Waals surface area contributed by atoms with Crippen LogP contribution in [0.3, 0.4) is 0 Å². The minimum atomic E-state index is -0.107. The summed E-state index contributed by atoms with van der Waals surface area (Å²) in [6.07, 6.45) is 0. The Bertz CT molecular complexity index is 4390. The van der Waals surface area contributed by atoms with E-state index in [4.69, 9.17) is 0 Å². The van der Waals surface area contributed by atoms with Crippen molar-refractivity contribution >= 4 is 89.8 Å². The Balaban J connectivity index is 1.27. The van der Waals surface area contributed by atoms with Crippen LogP contribution in [0.25, 0.3) is 77.2 Å². The van der Waals surface area contributed by atoms with Gasteiger partial charge in [-0.05, 0) is 183 Å². The van der Waals surface area contributed by atoms with E-state index in [1.165, 1.54) is 155 Å². The molecule has 422 valence electrons. The molecule has 0 N–H and O–H groups in total. The van der Waals surface area contributed by atoms with E-state index in [0.717, 1.165) is 0 Å². The van der Waals surface area contributed by atoms with Crippen molar-refractivity contribution in [1.82, 2.24) is 9.13 Å². The Labute approximate surface area is 502 Å². The first-order valence-corrected chi connectivity index (χ1v) is 31.8. The molecule has 2 aliphatic heterocycles. The van der Waals surface area contributed by atoms with Crippen LogP contribution in [0.1, 0.15) is 205 Å². The van der Waals surface area contributed by atoms with Gasteiger partial charge in [0.2, 0.25) is 13.4 Å². The van der Waals surface area contributed by atoms with Gasteiger partial charge in [-0.15, -0.1) is 0 Å². The number of nitrogens with zero attached hydrogens (tertiary/aromatic N) is 2. The Hall–Kier alpha value is -7.29. The summed E-state index contributed by atoms with van der Waals surface area (Å²) in [7, 11) is 0. The number of hydrogen-bond acceptors (Lipinski definition) is 0. The van der Waals surface area contributed by atoms with Gasteiger partial charge in [0.15, 0.2) is 0 Å². The van der Waals surface area contributed by atoms with E-state index >= 15 is 0 Å². The average Bonchev–Trinajstić information content (AvgIpc) is 1.73. The van der Waals surface area contributed by atoms with Crippen molar-refractivity contribution in [2.24, 2.45) is 0 Å². The molecule has 0 radical (unpaired) electrons. The average molecular weight is 1100 g/mol. The summed E-state index contributed by atoms with van der Waals surface area (Å²) in [5.41, 5.74) is 32.6. The van der Waals surface area contributed by atoms with Crippen LogP contribution in [0.4, 0.5) is 0 Å². The number of fused-ring (bicyclic) bond motifs is 10. The highest BCUT2D eigenvalue weighted by molar-refractivity contribution is 7.00. The van der Waals surface area contributed by atoms with Crippen molar-refractivity contribution in [1.29, 1.82) is 0 Å². The molecule has 9 aromatic carbocycles. The molecule has 0 saturated carbocycles. The van der Waals surface area contributed by atoms with Gasteiger partial charge in [0.05, 0.1) is 11.0 Å². The zero-order valence-corrected chi connectivity index (χ0v) is 53.5. The van der Waals surface area contributed by atoms with Crippen molar-refractivity contribution in [2.45, 2.75) is 171 Å². The highest BCUT2D eigenvalue weighted by atomic mass is 15.0. The number of hydrogen-bond donors (Lipinski definition) is 0. The highest BCUT2D eigenvalue weighted by Crippen LogP contribution is 2.43. The predicted molar refractivity (Wildman–Crippen MR) is 370 cm³/mol. The van der Waals surface area contributed by atoms with Gasteiger partial charge in [-0.25, -0.2) is 0 Å². The van der Waals surface area contributed by atoms with Crippen molar-refractivity contribution in [3.63, 3.8) is 0 Å². The van der Waals surface area contributed by atoms with Crippen LogP contribution < -0.4 is 32.8 Å². The van der Waals surface area contributed by atoms with Gasteiger partial charge in [-0.3, -0.25) is 0 Å². The van der Waals surface area contributed by atoms with E-state index in [1.807, 2.05) is 0 Å². The predicted octanol–water partition coefficient (Wildman–Crippen LogP) is 18.2. The molecule has 0 amide bonds. The smallest absolute Gasteiger partial charge is 0.247 e. The lowest BCUT2D eigenvalue weighted by molar-refractivity contribution is 0.591. The van der Waals surface area contributed by atoms with Crippen LogP contribution in [0, 0.1) is 0 Å². The monoisotopic (exact) mass is 1100 g/mol. The van der Waals surface area contributed by atoms with Crippen molar-refractivity contribution in [2.75, 3.05) is 0 Å². The topological polar surface area (TPSA) is 9.86 Å². The number of rotatable bonds is 10. The number of benzene rings is 9. The van der Waals surface area contributed by atoms with Crippen LogP contribution >= 0.6 is 0 Å². The van der Waals surface area contributed by atoms with Gasteiger partial charge in [0.1, 0.15) is 0 Å². The van der Waals surface area contributed by atoms with E-state index in [2.05, 4.69) is 291 Å². The second-order valence-corrected chi connectivity index (χ2v) is 29.3. The maximum absolute atomic E-state index is 2.74. The van der Waals surface area contributed by atoms with Crippen molar-refractivity contribution in [3.8, 4) is 33.6 Å². The van der Waals surface area contributed by atoms with Gasteiger partial charge >= 0.3 is 0 Å². The van der Waals surface area contributed by atoms with Gasteiger partial charge < -0.3 is 9.13 Å². The molecule has 0 aliphatic carbocycles. The van der Waals surface area contributed by atoms with Crippen LogP contribution in [-0.4, -0.2) is 22.6 Å². The lowest BCUT2D eigenvalue weighted by atomic mass is 9.31. The van der Waals surface area contributed by atoms with Gasteiger partial charge in [0.25, 0.3) is 0 Å². The zero-order valence-electron chi connectivity index (χ0n) is 53.5. The van der Waals surface area contributed by atoms with Crippen LogP contribution in [0.15, 0.2) is 158 Å². The SMILES string of the molecule is CC(C)c1cc(C(C)C)c(B2c3cc4c(cc3-n3c5ccc(C(C)(C)C)cc5c5cc(-c6ccccc6)cc2c53)B(c2c(C(C)C)cc(C(C)C)cc2C(C)C)c2cc(C(C)(C)C)cc3c5cc(-c6ccccc6)ccc5n-4c23)c(C(C)C)c1. The summed E-state index contributed by atoms with van der Waals surface area (Å²) in [5.74, 6) is 2.00. The summed E-state index contributed by atoms with van der Waals surface area (Å²) in [6, 6.07) is 63.2. The molecule has 0 saturated heterocycles. The molecule has 4 heteroatoms. The molecule has 0 spiro atoms. The number of aromatic nitrogens is 2. The molecule has 2 aromatic heterocycles. The van der Waals surface area contributed by atoms with E-state index in [-0.39, 0.29) is 24.3 Å². The molecule has 0 unspecified atom stereocenters. The summed E-state index contributed by atoms with van der Waals surface area (Å²) in [4.78, 5) is 0. The highest BCUT2D eigenvalue weighted by Gasteiger charge is 2.44. The third kappa shape index (κ3) is 8.80. The maximum atomic E-state index is 2.74. The van der Waals surface area contributed by atoms with Gasteiger partial charge in [-0.1, -0.05) is 245 Å². The first-order chi connectivity index (χ1) is 39.9. The van der Waals surface area contributed by atoms with E-state index < -0.39 is 0 Å². The molecule has 0 fully saturated rings. The Morgan fingerprint density at radius 3 is 1.12 bits per heavy atom. The quantitative estimate of drug-likeness (QED) is 0.121. The molecule has 0 atom stereocenters. The van der Waals surface area contributed by atoms with Crippen LogP contribution in [-0.2, 0) is 10.8 Å². The summed E-state index contributed by atoms with van der Waals surface area (Å²) in [5, 5.41) is 5.29. The fourth-order valence-electron chi connectivity index (χ4n) is 14.9. The maximum Gasteiger partial charge on any atom is 0.247 e.